The lowest BCUT2D eigenvalue weighted by Crippen LogP contribution is -2.41. The fraction of sp³-hybridized carbons (Fsp3) is 0.500. The van der Waals surface area contributed by atoms with Gasteiger partial charge in [0.05, 0.1) is 5.54 Å². The van der Waals surface area contributed by atoms with Crippen molar-refractivity contribution in [3.8, 4) is 0 Å². The van der Waals surface area contributed by atoms with Crippen molar-refractivity contribution in [2.75, 3.05) is 13.6 Å². The Bertz CT molecular complexity index is 447. The number of hydrogen-bond donors (Lipinski definition) is 2. The SMILES string of the molecule is CNCCCC(=O)NC(C)(C)c1ccc(F)c(F)c1. The van der Waals surface area contributed by atoms with Gasteiger partial charge in [-0.3, -0.25) is 4.79 Å². The van der Waals surface area contributed by atoms with E-state index < -0.39 is 17.2 Å². The van der Waals surface area contributed by atoms with Crippen LogP contribution >= 0.6 is 0 Å². The number of benzene rings is 1. The largest absolute Gasteiger partial charge is 0.347 e. The van der Waals surface area contributed by atoms with E-state index in [0.29, 0.717) is 12.0 Å². The van der Waals surface area contributed by atoms with Crippen molar-refractivity contribution in [2.24, 2.45) is 0 Å². The van der Waals surface area contributed by atoms with Crippen LogP contribution in [0.4, 0.5) is 8.78 Å². The van der Waals surface area contributed by atoms with E-state index in [0.717, 1.165) is 25.1 Å². The van der Waals surface area contributed by atoms with Gasteiger partial charge in [0.25, 0.3) is 0 Å². The minimum Gasteiger partial charge on any atom is -0.347 e. The van der Waals surface area contributed by atoms with Crippen LogP contribution in [-0.4, -0.2) is 19.5 Å². The first-order chi connectivity index (χ1) is 8.86. The molecule has 0 spiro atoms. The van der Waals surface area contributed by atoms with E-state index in [-0.39, 0.29) is 5.91 Å². The summed E-state index contributed by atoms with van der Waals surface area (Å²) in [5, 5.41) is 5.78. The average molecular weight is 270 g/mol. The molecule has 5 heteroatoms. The van der Waals surface area contributed by atoms with E-state index >= 15 is 0 Å². The first kappa shape index (κ1) is 15.6. The molecule has 2 N–H and O–H groups in total. The van der Waals surface area contributed by atoms with Gasteiger partial charge in [0.1, 0.15) is 0 Å². The van der Waals surface area contributed by atoms with E-state index in [2.05, 4.69) is 10.6 Å². The normalized spacial score (nSPS) is 11.4. The van der Waals surface area contributed by atoms with Gasteiger partial charge in [0.2, 0.25) is 5.91 Å². The highest BCUT2D eigenvalue weighted by Crippen LogP contribution is 2.22. The number of amides is 1. The van der Waals surface area contributed by atoms with Gasteiger partial charge in [-0.05, 0) is 51.6 Å². The number of nitrogens with one attached hydrogen (secondary N) is 2. The molecule has 0 aliphatic heterocycles. The van der Waals surface area contributed by atoms with Crippen LogP contribution in [-0.2, 0) is 10.3 Å². The maximum atomic E-state index is 13.2. The molecule has 0 atom stereocenters. The molecule has 19 heavy (non-hydrogen) atoms. The summed E-state index contributed by atoms with van der Waals surface area (Å²) in [4.78, 5) is 11.8. The van der Waals surface area contributed by atoms with Crippen LogP contribution in [0.15, 0.2) is 18.2 Å². The van der Waals surface area contributed by atoms with Crippen LogP contribution in [0.2, 0.25) is 0 Å². The van der Waals surface area contributed by atoms with Crippen LogP contribution in [0, 0.1) is 11.6 Å². The van der Waals surface area contributed by atoms with E-state index in [1.807, 2.05) is 7.05 Å². The number of carbonyl (C=O) groups excluding carboxylic acids is 1. The third-order valence-corrected chi connectivity index (χ3v) is 2.92. The Morgan fingerprint density at radius 3 is 2.53 bits per heavy atom. The Morgan fingerprint density at radius 2 is 1.95 bits per heavy atom. The lowest BCUT2D eigenvalue weighted by Gasteiger charge is -2.27. The summed E-state index contributed by atoms with van der Waals surface area (Å²) in [5.74, 6) is -1.90. The molecule has 0 saturated carbocycles. The quantitative estimate of drug-likeness (QED) is 0.779. The van der Waals surface area contributed by atoms with Crippen molar-refractivity contribution in [1.29, 1.82) is 0 Å². The first-order valence-corrected chi connectivity index (χ1v) is 6.28. The molecular formula is C14H20F2N2O. The molecule has 1 aromatic rings. The Labute approximate surface area is 112 Å². The first-order valence-electron chi connectivity index (χ1n) is 6.28. The van der Waals surface area contributed by atoms with E-state index in [1.165, 1.54) is 6.07 Å². The predicted molar refractivity (Wildman–Crippen MR) is 70.7 cm³/mol. The lowest BCUT2D eigenvalue weighted by atomic mass is 9.94. The van der Waals surface area contributed by atoms with Gasteiger partial charge in [0.15, 0.2) is 11.6 Å². The highest BCUT2D eigenvalue weighted by Gasteiger charge is 2.23. The predicted octanol–water partition coefficient (Wildman–Crippen LogP) is 2.32. The van der Waals surface area contributed by atoms with Crippen molar-refractivity contribution in [3.05, 3.63) is 35.4 Å². The highest BCUT2D eigenvalue weighted by molar-refractivity contribution is 5.76. The molecule has 0 heterocycles. The van der Waals surface area contributed by atoms with Crippen molar-refractivity contribution in [3.63, 3.8) is 0 Å². The topological polar surface area (TPSA) is 41.1 Å². The fourth-order valence-corrected chi connectivity index (χ4v) is 1.79. The molecule has 1 rings (SSSR count). The molecule has 0 aromatic heterocycles. The Kier molecular flexibility index (Phi) is 5.42. The second-order valence-electron chi connectivity index (χ2n) is 5.01. The van der Waals surface area contributed by atoms with Crippen LogP contribution in [0.5, 0.6) is 0 Å². The third kappa shape index (κ3) is 4.59. The molecule has 0 aliphatic carbocycles. The summed E-state index contributed by atoms with van der Waals surface area (Å²) in [7, 11) is 1.82. The molecule has 0 fully saturated rings. The maximum absolute atomic E-state index is 13.2. The average Bonchev–Trinajstić information content (AvgIpc) is 2.32. The van der Waals surface area contributed by atoms with E-state index in [4.69, 9.17) is 0 Å². The van der Waals surface area contributed by atoms with Gasteiger partial charge >= 0.3 is 0 Å². The minimum absolute atomic E-state index is 0.106. The molecule has 1 aromatic carbocycles. The van der Waals surface area contributed by atoms with Crippen LogP contribution in [0.25, 0.3) is 0 Å². The number of rotatable bonds is 6. The van der Waals surface area contributed by atoms with Crippen molar-refractivity contribution < 1.29 is 13.6 Å². The molecular weight excluding hydrogens is 250 g/mol. The highest BCUT2D eigenvalue weighted by atomic mass is 19.2. The second kappa shape index (κ2) is 6.61. The summed E-state index contributed by atoms with van der Waals surface area (Å²) in [6.45, 7) is 4.28. The zero-order valence-corrected chi connectivity index (χ0v) is 11.5. The Hall–Kier alpha value is -1.49. The molecule has 0 bridgehead atoms. The zero-order valence-electron chi connectivity index (χ0n) is 11.5. The Balaban J connectivity index is 2.69. The monoisotopic (exact) mass is 270 g/mol. The van der Waals surface area contributed by atoms with Gasteiger partial charge in [0, 0.05) is 6.42 Å². The molecule has 0 unspecified atom stereocenters. The number of halogens is 2. The Morgan fingerprint density at radius 1 is 1.26 bits per heavy atom. The van der Waals surface area contributed by atoms with Gasteiger partial charge in [-0.15, -0.1) is 0 Å². The van der Waals surface area contributed by atoms with Crippen LogP contribution in [0.3, 0.4) is 0 Å². The summed E-state index contributed by atoms with van der Waals surface area (Å²) < 4.78 is 26.1. The summed E-state index contributed by atoms with van der Waals surface area (Å²) in [6.07, 6.45) is 1.13. The summed E-state index contributed by atoms with van der Waals surface area (Å²) in [5.41, 5.74) is -0.195. The number of carbonyl (C=O) groups is 1. The van der Waals surface area contributed by atoms with Crippen LogP contribution < -0.4 is 10.6 Å². The lowest BCUT2D eigenvalue weighted by molar-refractivity contribution is -0.122. The van der Waals surface area contributed by atoms with Gasteiger partial charge < -0.3 is 10.6 Å². The smallest absolute Gasteiger partial charge is 0.220 e. The molecule has 0 aliphatic rings. The molecule has 1 amide bonds. The zero-order chi connectivity index (χ0) is 14.5. The van der Waals surface area contributed by atoms with Crippen molar-refractivity contribution >= 4 is 5.91 Å². The number of hydrogen-bond acceptors (Lipinski definition) is 2. The fourth-order valence-electron chi connectivity index (χ4n) is 1.79. The maximum Gasteiger partial charge on any atom is 0.220 e. The van der Waals surface area contributed by atoms with E-state index in [9.17, 15) is 13.6 Å². The van der Waals surface area contributed by atoms with Crippen molar-refractivity contribution in [2.45, 2.75) is 32.2 Å². The standard InChI is InChI=1S/C14H20F2N2O/c1-14(2,18-13(19)5-4-8-17-3)10-6-7-11(15)12(16)9-10/h6-7,9,17H,4-5,8H2,1-3H3,(H,18,19). The summed E-state index contributed by atoms with van der Waals surface area (Å²) >= 11 is 0. The van der Waals surface area contributed by atoms with Gasteiger partial charge in [-0.1, -0.05) is 6.07 Å². The van der Waals surface area contributed by atoms with E-state index in [1.54, 1.807) is 13.8 Å². The molecule has 0 radical (unpaired) electrons. The van der Waals surface area contributed by atoms with Gasteiger partial charge in [-0.2, -0.15) is 0 Å². The van der Waals surface area contributed by atoms with Crippen LogP contribution in [0.1, 0.15) is 32.3 Å². The second-order valence-corrected chi connectivity index (χ2v) is 5.01. The minimum atomic E-state index is -0.907. The van der Waals surface area contributed by atoms with Crippen molar-refractivity contribution in [1.82, 2.24) is 10.6 Å². The van der Waals surface area contributed by atoms with Gasteiger partial charge in [-0.25, -0.2) is 8.78 Å². The summed E-state index contributed by atoms with van der Waals surface area (Å²) in [6, 6.07) is 3.66. The molecule has 106 valence electrons. The third-order valence-electron chi connectivity index (χ3n) is 2.92. The molecule has 3 nitrogen and oxygen atoms in total. The molecule has 0 saturated heterocycles.